The Kier molecular flexibility index (Phi) is 1.86. The quantitative estimate of drug-likeness (QED) is 0.619. The summed E-state index contributed by atoms with van der Waals surface area (Å²) in [5.74, 6) is 1.53. The second-order valence-electron chi connectivity index (χ2n) is 7.28. The van der Waals surface area contributed by atoms with E-state index in [1.807, 2.05) is 6.92 Å². The van der Waals surface area contributed by atoms with Gasteiger partial charge in [0.25, 0.3) is 0 Å². The van der Waals surface area contributed by atoms with Crippen LogP contribution in [-0.4, -0.2) is 10.7 Å². The smallest absolute Gasteiger partial charge is 0.0628 e. The monoisotopic (exact) mass is 220 g/mol. The van der Waals surface area contributed by atoms with Crippen molar-refractivity contribution in [3.05, 3.63) is 12.2 Å². The first-order chi connectivity index (χ1) is 7.31. The highest BCUT2D eigenvalue weighted by molar-refractivity contribution is 5.31. The number of allylic oxidation sites excluding steroid dienone is 1. The summed E-state index contributed by atoms with van der Waals surface area (Å²) in [6, 6.07) is 0. The fourth-order valence-electron chi connectivity index (χ4n) is 5.27. The lowest BCUT2D eigenvalue weighted by atomic mass is 9.75. The molecule has 16 heavy (non-hydrogen) atoms. The summed E-state index contributed by atoms with van der Waals surface area (Å²) in [5.41, 5.74) is 1.79. The molecule has 3 fully saturated rings. The summed E-state index contributed by atoms with van der Waals surface area (Å²) in [6.07, 6.45) is 5.62. The Morgan fingerprint density at radius 2 is 1.94 bits per heavy atom. The summed E-state index contributed by atoms with van der Waals surface area (Å²) in [6.45, 7) is 11.1. The maximum atomic E-state index is 10.5. The molecule has 0 aromatic carbocycles. The zero-order valence-corrected chi connectivity index (χ0v) is 10.8. The van der Waals surface area contributed by atoms with Crippen LogP contribution in [0.3, 0.4) is 0 Å². The van der Waals surface area contributed by atoms with E-state index in [4.69, 9.17) is 0 Å². The van der Waals surface area contributed by atoms with Gasteiger partial charge in [0, 0.05) is 0 Å². The highest BCUT2D eigenvalue weighted by Gasteiger charge is 2.77. The zero-order chi connectivity index (χ0) is 11.8. The van der Waals surface area contributed by atoms with Gasteiger partial charge in [0.15, 0.2) is 0 Å². The SMILES string of the molecule is C=C1CC[C@@](C)(O)CC23C1CC[C@@H]2C3(C)C. The van der Waals surface area contributed by atoms with Crippen molar-refractivity contribution in [1.82, 2.24) is 0 Å². The summed E-state index contributed by atoms with van der Waals surface area (Å²) >= 11 is 0. The molecule has 0 amide bonds. The predicted molar refractivity (Wildman–Crippen MR) is 66.0 cm³/mol. The van der Waals surface area contributed by atoms with E-state index in [2.05, 4.69) is 20.4 Å². The van der Waals surface area contributed by atoms with Crippen LogP contribution in [0.4, 0.5) is 0 Å². The van der Waals surface area contributed by atoms with Crippen molar-refractivity contribution >= 4 is 0 Å². The summed E-state index contributed by atoms with van der Waals surface area (Å²) in [5, 5.41) is 10.5. The van der Waals surface area contributed by atoms with Crippen LogP contribution in [0.2, 0.25) is 0 Å². The Morgan fingerprint density at radius 1 is 1.25 bits per heavy atom. The second-order valence-corrected chi connectivity index (χ2v) is 7.28. The van der Waals surface area contributed by atoms with Crippen LogP contribution >= 0.6 is 0 Å². The van der Waals surface area contributed by atoms with E-state index in [1.165, 1.54) is 18.4 Å². The lowest BCUT2D eigenvalue weighted by Gasteiger charge is -2.31. The third-order valence-corrected chi connectivity index (χ3v) is 6.13. The van der Waals surface area contributed by atoms with Crippen LogP contribution in [0.15, 0.2) is 12.2 Å². The van der Waals surface area contributed by atoms with Gasteiger partial charge in [-0.2, -0.15) is 0 Å². The highest BCUT2D eigenvalue weighted by Crippen LogP contribution is 2.82. The van der Waals surface area contributed by atoms with Crippen molar-refractivity contribution in [1.29, 1.82) is 0 Å². The van der Waals surface area contributed by atoms with E-state index in [1.54, 1.807) is 0 Å². The minimum absolute atomic E-state index is 0.393. The van der Waals surface area contributed by atoms with Gasteiger partial charge in [-0.1, -0.05) is 26.0 Å². The van der Waals surface area contributed by atoms with Gasteiger partial charge in [-0.05, 0) is 61.7 Å². The highest BCUT2D eigenvalue weighted by atomic mass is 16.3. The molecule has 3 aliphatic carbocycles. The first-order valence-electron chi connectivity index (χ1n) is 6.71. The average molecular weight is 220 g/mol. The largest absolute Gasteiger partial charge is 0.390 e. The van der Waals surface area contributed by atoms with E-state index >= 15 is 0 Å². The molecule has 0 saturated heterocycles. The van der Waals surface area contributed by atoms with Gasteiger partial charge < -0.3 is 5.11 Å². The van der Waals surface area contributed by atoms with E-state index in [-0.39, 0.29) is 0 Å². The Labute approximate surface area is 98.9 Å². The van der Waals surface area contributed by atoms with Crippen LogP contribution in [0, 0.1) is 22.7 Å². The van der Waals surface area contributed by atoms with Crippen molar-refractivity contribution in [2.24, 2.45) is 22.7 Å². The third kappa shape index (κ3) is 1.06. The molecule has 4 atom stereocenters. The lowest BCUT2D eigenvalue weighted by Crippen LogP contribution is -2.30. The van der Waals surface area contributed by atoms with Crippen molar-refractivity contribution in [2.75, 3.05) is 0 Å². The Bertz CT molecular complexity index is 352. The molecule has 0 aromatic heterocycles. The average Bonchev–Trinajstić information content (AvgIpc) is 2.54. The molecule has 3 saturated carbocycles. The minimum Gasteiger partial charge on any atom is -0.390 e. The van der Waals surface area contributed by atoms with E-state index in [9.17, 15) is 5.11 Å². The lowest BCUT2D eigenvalue weighted by molar-refractivity contribution is 0.0158. The molecule has 1 spiro atoms. The molecule has 1 heteroatoms. The molecule has 1 nitrogen and oxygen atoms in total. The molecule has 0 aliphatic heterocycles. The van der Waals surface area contributed by atoms with Gasteiger partial charge in [0.2, 0.25) is 0 Å². The predicted octanol–water partition coefficient (Wildman–Crippen LogP) is 3.53. The van der Waals surface area contributed by atoms with Crippen molar-refractivity contribution in [3.8, 4) is 0 Å². The molecule has 2 unspecified atom stereocenters. The fraction of sp³-hybridized carbons (Fsp3) is 0.867. The minimum atomic E-state index is -0.464. The number of hydrogen-bond donors (Lipinski definition) is 1. The third-order valence-electron chi connectivity index (χ3n) is 6.13. The molecule has 3 rings (SSSR count). The van der Waals surface area contributed by atoms with Crippen molar-refractivity contribution in [2.45, 2.75) is 58.5 Å². The molecule has 0 radical (unpaired) electrons. The topological polar surface area (TPSA) is 20.2 Å². The van der Waals surface area contributed by atoms with Crippen LogP contribution < -0.4 is 0 Å². The molecular formula is C15H24O. The van der Waals surface area contributed by atoms with Crippen LogP contribution in [0.1, 0.15) is 52.9 Å². The Morgan fingerprint density at radius 3 is 2.56 bits per heavy atom. The van der Waals surface area contributed by atoms with Gasteiger partial charge >= 0.3 is 0 Å². The maximum absolute atomic E-state index is 10.5. The van der Waals surface area contributed by atoms with E-state index < -0.39 is 5.60 Å². The van der Waals surface area contributed by atoms with Gasteiger partial charge in [-0.25, -0.2) is 0 Å². The summed E-state index contributed by atoms with van der Waals surface area (Å²) in [7, 11) is 0. The first kappa shape index (κ1) is 10.8. The Hall–Kier alpha value is -0.300. The van der Waals surface area contributed by atoms with Crippen LogP contribution in [0.5, 0.6) is 0 Å². The van der Waals surface area contributed by atoms with Gasteiger partial charge in [0.05, 0.1) is 5.60 Å². The van der Waals surface area contributed by atoms with E-state index in [0.29, 0.717) is 16.7 Å². The van der Waals surface area contributed by atoms with Gasteiger partial charge in [-0.3, -0.25) is 0 Å². The van der Waals surface area contributed by atoms with Gasteiger partial charge in [0.1, 0.15) is 0 Å². The molecule has 1 N–H and O–H groups in total. The summed E-state index contributed by atoms with van der Waals surface area (Å²) in [4.78, 5) is 0. The maximum Gasteiger partial charge on any atom is 0.0628 e. The standard InChI is InChI=1S/C15H24O/c1-10-7-8-14(4,16)9-15-11(10)5-6-12(15)13(15,2)3/h11-12,16H,1,5-9H2,2-4H3/t11?,12-,14-,15?/m1/s1. The van der Waals surface area contributed by atoms with E-state index in [0.717, 1.165) is 25.2 Å². The number of hydrogen-bond acceptors (Lipinski definition) is 1. The fourth-order valence-corrected chi connectivity index (χ4v) is 5.27. The van der Waals surface area contributed by atoms with Crippen molar-refractivity contribution < 1.29 is 5.11 Å². The molecule has 90 valence electrons. The second kappa shape index (κ2) is 2.75. The normalized spacial score (nSPS) is 54.1. The zero-order valence-electron chi connectivity index (χ0n) is 10.8. The molecule has 0 bridgehead atoms. The number of aliphatic hydroxyl groups is 1. The summed E-state index contributed by atoms with van der Waals surface area (Å²) < 4.78 is 0. The molecular weight excluding hydrogens is 196 g/mol. The molecule has 0 heterocycles. The first-order valence-corrected chi connectivity index (χ1v) is 6.71. The molecule has 0 aromatic rings. The van der Waals surface area contributed by atoms with Crippen LogP contribution in [0.25, 0.3) is 0 Å². The van der Waals surface area contributed by atoms with Crippen molar-refractivity contribution in [3.63, 3.8) is 0 Å². The van der Waals surface area contributed by atoms with Crippen LogP contribution in [-0.2, 0) is 0 Å². The number of rotatable bonds is 0. The molecule has 3 aliphatic rings. The Balaban J connectivity index is 2.03. The van der Waals surface area contributed by atoms with Gasteiger partial charge in [-0.15, -0.1) is 0 Å².